The van der Waals surface area contributed by atoms with Gasteiger partial charge >= 0.3 is 0 Å². The summed E-state index contributed by atoms with van der Waals surface area (Å²) in [5.41, 5.74) is -1.10. The normalized spacial score (nSPS) is 11.9. The fourth-order valence-electron chi connectivity index (χ4n) is 4.40. The number of nitrogens with one attached hydrogen (secondary N) is 1. The van der Waals surface area contributed by atoms with Crippen LogP contribution in [0.4, 0.5) is 14.7 Å². The minimum atomic E-state index is -0.971. The first-order chi connectivity index (χ1) is 24.3. The summed E-state index contributed by atoms with van der Waals surface area (Å²) in [6.45, 7) is 5.15. The van der Waals surface area contributed by atoms with E-state index in [0.717, 1.165) is 12.0 Å². The molecule has 2 N–H and O–H groups in total. The molecule has 6 rings (SSSR count). The predicted molar refractivity (Wildman–Crippen MR) is 186 cm³/mol. The zero-order chi connectivity index (χ0) is 36.9. The Kier molecular flexibility index (Phi) is 11.2. The van der Waals surface area contributed by atoms with Crippen molar-refractivity contribution >= 4 is 40.1 Å². The lowest BCUT2D eigenvalue weighted by molar-refractivity contribution is -0.160. The number of pyridine rings is 2. The summed E-state index contributed by atoms with van der Waals surface area (Å²) < 4.78 is 45.7. The Morgan fingerprint density at radius 2 is 1.29 bits per heavy atom. The first-order valence-electron chi connectivity index (χ1n) is 15.2. The highest BCUT2D eigenvalue weighted by Crippen LogP contribution is 2.26. The maximum absolute atomic E-state index is 13.8. The van der Waals surface area contributed by atoms with Crippen LogP contribution in [0.2, 0.25) is 0 Å². The summed E-state index contributed by atoms with van der Waals surface area (Å²) in [6, 6.07) is 14.3. The number of aryl methyl sites for hydroxylation is 2. The van der Waals surface area contributed by atoms with E-state index in [4.69, 9.17) is 13.8 Å². The van der Waals surface area contributed by atoms with Gasteiger partial charge in [-0.2, -0.15) is 9.32 Å². The molecule has 0 aliphatic heterocycles. The minimum absolute atomic E-state index is 0.0211. The number of rotatable bonds is 10. The largest absolute Gasteiger partial charge is 0.448 e. The zero-order valence-electron chi connectivity index (χ0n) is 28.2. The van der Waals surface area contributed by atoms with Crippen molar-refractivity contribution in [2.45, 2.75) is 37.6 Å². The highest BCUT2D eigenvalue weighted by atomic mass is 32.2. The molecule has 4 heterocycles. The third-order valence-corrected chi connectivity index (χ3v) is 8.05. The predicted octanol–water partition coefficient (Wildman–Crippen LogP) is 5.68. The Morgan fingerprint density at radius 3 is 1.78 bits per heavy atom. The molecule has 2 aromatic carbocycles. The van der Waals surface area contributed by atoms with E-state index in [1.165, 1.54) is 84.2 Å². The number of para-hydroxylation sites is 2. The molecule has 0 aliphatic carbocycles. The Labute approximate surface area is 293 Å². The van der Waals surface area contributed by atoms with Crippen LogP contribution in [0.15, 0.2) is 87.8 Å². The van der Waals surface area contributed by atoms with Gasteiger partial charge in [-0.25, -0.2) is 28.6 Å². The fraction of sp³-hybridized carbons (Fsp3) is 0.235. The van der Waals surface area contributed by atoms with Crippen molar-refractivity contribution in [2.24, 2.45) is 14.1 Å². The van der Waals surface area contributed by atoms with E-state index >= 15 is 0 Å². The van der Waals surface area contributed by atoms with Crippen LogP contribution in [0.3, 0.4) is 0 Å². The molecule has 0 aliphatic rings. The van der Waals surface area contributed by atoms with E-state index in [9.17, 15) is 23.5 Å². The van der Waals surface area contributed by atoms with E-state index in [0.29, 0.717) is 22.1 Å². The van der Waals surface area contributed by atoms with Crippen molar-refractivity contribution in [2.75, 3.05) is 12.4 Å². The van der Waals surface area contributed by atoms with Crippen LogP contribution >= 0.6 is 12.0 Å². The van der Waals surface area contributed by atoms with Crippen molar-refractivity contribution < 1.29 is 32.6 Å². The summed E-state index contributed by atoms with van der Waals surface area (Å²) >= 11 is 0.818. The van der Waals surface area contributed by atoms with E-state index in [1.807, 2.05) is 0 Å². The molecule has 0 spiro atoms. The van der Waals surface area contributed by atoms with Gasteiger partial charge in [-0.05, 0) is 57.2 Å². The van der Waals surface area contributed by atoms with Crippen LogP contribution in [0, 0.1) is 11.6 Å². The standard InChI is InChI=1S/C19H21FN4O3.C15H12FN3O4S/c1-11(19(2,3)26)22-18-21-10-12-9-15(17(25)24(4)16(12)23-18)27-14-8-6-5-7-13(14)20;1-19-13-9(8-17-15(18-13)24-23-21-2)7-12(14(19)20)22-11-6-4-3-5-10(11)16/h5-11,26H,1-4H3,(H,21,22,23);3-8H,1-2H3/t11-;/m0./s1. The first-order valence-corrected chi connectivity index (χ1v) is 16.0. The van der Waals surface area contributed by atoms with Crippen molar-refractivity contribution in [1.29, 1.82) is 0 Å². The van der Waals surface area contributed by atoms with Gasteiger partial charge < -0.3 is 19.9 Å². The second-order valence-corrected chi connectivity index (χ2v) is 12.2. The molecule has 0 saturated carbocycles. The second kappa shape index (κ2) is 15.6. The number of hydrogen-bond acceptors (Lipinski definition) is 13. The number of hydrogen-bond donors (Lipinski definition) is 2. The molecule has 17 heteroatoms. The molecule has 14 nitrogen and oxygen atoms in total. The van der Waals surface area contributed by atoms with E-state index in [-0.39, 0.29) is 40.1 Å². The molecular weight excluding hydrogens is 688 g/mol. The van der Waals surface area contributed by atoms with Gasteiger partial charge in [0.05, 0.1) is 18.8 Å². The molecule has 0 amide bonds. The molecule has 0 unspecified atom stereocenters. The molecule has 4 aromatic heterocycles. The van der Waals surface area contributed by atoms with Gasteiger partial charge in [0.2, 0.25) is 11.1 Å². The number of benzene rings is 2. The molecule has 51 heavy (non-hydrogen) atoms. The first kappa shape index (κ1) is 36.8. The smallest absolute Gasteiger partial charge is 0.294 e. The van der Waals surface area contributed by atoms with Crippen LogP contribution in [0.5, 0.6) is 23.0 Å². The number of nitrogens with zero attached hydrogens (tertiary/aromatic N) is 6. The Hall–Kier alpha value is -5.49. The summed E-state index contributed by atoms with van der Waals surface area (Å²) in [6.07, 6.45) is 3.05. The number of halogens is 2. The summed E-state index contributed by atoms with van der Waals surface area (Å²) in [5, 5.41) is 14.5. The molecule has 6 aromatic rings. The average molecular weight is 722 g/mol. The minimum Gasteiger partial charge on any atom is -0.448 e. The molecule has 1 atom stereocenters. The summed E-state index contributed by atoms with van der Waals surface area (Å²) in [5.74, 6) is -0.940. The lowest BCUT2D eigenvalue weighted by Gasteiger charge is -2.26. The molecule has 0 radical (unpaired) electrons. The van der Waals surface area contributed by atoms with Crippen LogP contribution < -0.4 is 25.9 Å². The monoisotopic (exact) mass is 721 g/mol. The fourth-order valence-corrected chi connectivity index (χ4v) is 4.75. The third kappa shape index (κ3) is 8.64. The molecule has 0 bridgehead atoms. The molecular formula is C34H33F2N7O7S. The van der Waals surface area contributed by atoms with E-state index in [1.54, 1.807) is 40.0 Å². The van der Waals surface area contributed by atoms with Gasteiger partial charge in [0.25, 0.3) is 11.1 Å². The summed E-state index contributed by atoms with van der Waals surface area (Å²) in [7, 11) is 4.45. The lowest BCUT2D eigenvalue weighted by Crippen LogP contribution is -2.39. The van der Waals surface area contributed by atoms with Gasteiger partial charge in [-0.3, -0.25) is 18.7 Å². The topological polar surface area (TPSA) is 165 Å². The van der Waals surface area contributed by atoms with E-state index in [2.05, 4.69) is 30.1 Å². The zero-order valence-corrected chi connectivity index (χ0v) is 29.1. The quantitative estimate of drug-likeness (QED) is 0.0770. The number of ether oxygens (including phenoxy) is 2. The highest BCUT2D eigenvalue weighted by Gasteiger charge is 2.23. The number of aliphatic hydroxyl groups is 1. The van der Waals surface area contributed by atoms with Crippen molar-refractivity contribution in [1.82, 2.24) is 29.1 Å². The van der Waals surface area contributed by atoms with Crippen LogP contribution in [0.25, 0.3) is 22.1 Å². The second-order valence-electron chi connectivity index (χ2n) is 11.6. The van der Waals surface area contributed by atoms with Gasteiger partial charge in [-0.1, -0.05) is 24.3 Å². The third-order valence-electron chi connectivity index (χ3n) is 7.50. The van der Waals surface area contributed by atoms with Crippen LogP contribution in [-0.4, -0.2) is 52.9 Å². The number of aromatic nitrogens is 6. The Morgan fingerprint density at radius 1 is 0.804 bits per heavy atom. The highest BCUT2D eigenvalue weighted by molar-refractivity contribution is 7.94. The lowest BCUT2D eigenvalue weighted by atomic mass is 10.0. The number of anilines is 1. The maximum atomic E-state index is 13.8. The van der Waals surface area contributed by atoms with Crippen molar-refractivity contribution in [3.8, 4) is 23.0 Å². The van der Waals surface area contributed by atoms with Gasteiger partial charge in [0.15, 0.2) is 34.6 Å². The van der Waals surface area contributed by atoms with Crippen molar-refractivity contribution in [3.05, 3.63) is 105 Å². The Balaban J connectivity index is 0.000000199. The SMILES string of the molecule is COOSc1ncc2cc(Oc3ccccc3F)c(=O)n(C)c2n1.C[C@H](Nc1ncc2cc(Oc3ccccc3F)c(=O)n(C)c2n1)C(C)(C)O. The van der Waals surface area contributed by atoms with Gasteiger partial charge in [0, 0.05) is 37.3 Å². The van der Waals surface area contributed by atoms with Gasteiger partial charge in [-0.15, -0.1) is 0 Å². The van der Waals surface area contributed by atoms with Crippen LogP contribution in [-0.2, 0) is 23.3 Å². The van der Waals surface area contributed by atoms with Crippen LogP contribution in [0.1, 0.15) is 20.8 Å². The summed E-state index contributed by atoms with van der Waals surface area (Å²) in [4.78, 5) is 46.3. The molecule has 0 fully saturated rings. The van der Waals surface area contributed by atoms with Crippen molar-refractivity contribution in [3.63, 3.8) is 0 Å². The molecule has 0 saturated heterocycles. The van der Waals surface area contributed by atoms with Gasteiger partial charge in [0.1, 0.15) is 23.3 Å². The average Bonchev–Trinajstić information content (AvgIpc) is 3.10. The molecule has 266 valence electrons. The maximum Gasteiger partial charge on any atom is 0.294 e. The van der Waals surface area contributed by atoms with E-state index < -0.39 is 28.4 Å². The Bertz CT molecular complexity index is 2320. The number of fused-ring (bicyclic) bond motifs is 2.